The number of hydrogen-bond donors (Lipinski definition) is 2. The van der Waals surface area contributed by atoms with Crippen molar-refractivity contribution in [2.24, 2.45) is 0 Å². The summed E-state index contributed by atoms with van der Waals surface area (Å²) in [5.41, 5.74) is 1.14. The molecule has 2 N–H and O–H groups in total. The fourth-order valence-electron chi connectivity index (χ4n) is 3.45. The van der Waals surface area contributed by atoms with Gasteiger partial charge in [0.2, 0.25) is 11.8 Å². The SMILES string of the molecule is C[C@H](NC(=O)OCc1ccccc1)C(=O)N1CCC[C@H]1C(=O)Nc1ccc([N+](=O)[O-])cc1. The van der Waals surface area contributed by atoms with Crippen LogP contribution in [0.2, 0.25) is 0 Å². The van der Waals surface area contributed by atoms with Crippen LogP contribution in [-0.2, 0) is 20.9 Å². The van der Waals surface area contributed by atoms with E-state index in [1.807, 2.05) is 30.3 Å². The van der Waals surface area contributed by atoms with E-state index in [0.29, 0.717) is 25.1 Å². The largest absolute Gasteiger partial charge is 0.445 e. The lowest BCUT2D eigenvalue weighted by molar-refractivity contribution is -0.384. The first-order valence-electron chi connectivity index (χ1n) is 10.2. The minimum absolute atomic E-state index is 0.0809. The zero-order chi connectivity index (χ0) is 23.1. The normalized spacial score (nSPS) is 16.2. The smallest absolute Gasteiger partial charge is 0.408 e. The van der Waals surface area contributed by atoms with Crippen LogP contribution in [0.15, 0.2) is 54.6 Å². The number of nitro benzene ring substituents is 1. The third-order valence-corrected chi connectivity index (χ3v) is 5.10. The van der Waals surface area contributed by atoms with Gasteiger partial charge in [-0.15, -0.1) is 0 Å². The van der Waals surface area contributed by atoms with Crippen LogP contribution in [0.4, 0.5) is 16.2 Å². The standard InChI is InChI=1S/C22H24N4O6/c1-15(23-22(29)32-14-16-6-3-2-4-7-16)21(28)25-13-5-8-19(25)20(27)24-17-9-11-18(12-10-17)26(30)31/h2-4,6-7,9-12,15,19H,5,8,13-14H2,1H3,(H,23,29)(H,24,27)/t15-,19-/m0/s1. The number of nitrogens with zero attached hydrogens (tertiary/aromatic N) is 2. The molecule has 168 valence electrons. The molecule has 0 spiro atoms. The van der Waals surface area contributed by atoms with Gasteiger partial charge in [-0.1, -0.05) is 30.3 Å². The Balaban J connectivity index is 1.53. The van der Waals surface area contributed by atoms with Crippen LogP contribution in [0.1, 0.15) is 25.3 Å². The molecule has 10 nitrogen and oxygen atoms in total. The van der Waals surface area contributed by atoms with Crippen molar-refractivity contribution < 1.29 is 24.0 Å². The van der Waals surface area contributed by atoms with Crippen LogP contribution in [-0.4, -0.2) is 46.4 Å². The van der Waals surface area contributed by atoms with Crippen LogP contribution in [0, 0.1) is 10.1 Å². The summed E-state index contributed by atoms with van der Waals surface area (Å²) in [6.07, 6.45) is 0.408. The molecule has 1 aliphatic heterocycles. The number of likely N-dealkylation sites (tertiary alicyclic amines) is 1. The molecule has 1 saturated heterocycles. The van der Waals surface area contributed by atoms with Crippen LogP contribution in [0.5, 0.6) is 0 Å². The van der Waals surface area contributed by atoms with Crippen molar-refractivity contribution in [1.29, 1.82) is 0 Å². The number of alkyl carbamates (subject to hydrolysis) is 1. The average molecular weight is 440 g/mol. The van der Waals surface area contributed by atoms with E-state index in [0.717, 1.165) is 5.56 Å². The zero-order valence-electron chi connectivity index (χ0n) is 17.5. The van der Waals surface area contributed by atoms with Gasteiger partial charge in [-0.25, -0.2) is 4.79 Å². The van der Waals surface area contributed by atoms with Crippen LogP contribution in [0.3, 0.4) is 0 Å². The highest BCUT2D eigenvalue weighted by molar-refractivity contribution is 5.98. The molecule has 0 unspecified atom stereocenters. The highest BCUT2D eigenvalue weighted by atomic mass is 16.6. The fourth-order valence-corrected chi connectivity index (χ4v) is 3.45. The Labute approximate surface area is 184 Å². The Bertz CT molecular complexity index is 980. The number of non-ortho nitro benzene ring substituents is 1. The highest BCUT2D eigenvalue weighted by Gasteiger charge is 2.36. The van der Waals surface area contributed by atoms with Crippen molar-refractivity contribution in [3.05, 3.63) is 70.3 Å². The molecule has 1 fully saturated rings. The van der Waals surface area contributed by atoms with Gasteiger partial charge in [-0.2, -0.15) is 0 Å². The molecule has 0 radical (unpaired) electrons. The summed E-state index contributed by atoms with van der Waals surface area (Å²) in [5, 5.41) is 15.9. The van der Waals surface area contributed by atoms with E-state index in [-0.39, 0.29) is 24.1 Å². The van der Waals surface area contributed by atoms with Gasteiger partial charge >= 0.3 is 6.09 Å². The Morgan fingerprint density at radius 3 is 2.50 bits per heavy atom. The lowest BCUT2D eigenvalue weighted by Crippen LogP contribution is -2.51. The van der Waals surface area contributed by atoms with Gasteiger partial charge in [0, 0.05) is 24.4 Å². The predicted molar refractivity (Wildman–Crippen MR) is 116 cm³/mol. The minimum Gasteiger partial charge on any atom is -0.445 e. The first kappa shape index (κ1) is 22.7. The van der Waals surface area contributed by atoms with Gasteiger partial charge in [0.25, 0.3) is 5.69 Å². The first-order valence-corrected chi connectivity index (χ1v) is 10.2. The molecule has 0 aliphatic carbocycles. The Kier molecular flexibility index (Phi) is 7.37. The van der Waals surface area contributed by atoms with Gasteiger partial charge < -0.3 is 20.3 Å². The van der Waals surface area contributed by atoms with Crippen molar-refractivity contribution >= 4 is 29.3 Å². The van der Waals surface area contributed by atoms with Gasteiger partial charge in [-0.3, -0.25) is 19.7 Å². The number of hydrogen-bond acceptors (Lipinski definition) is 6. The van der Waals surface area contributed by atoms with E-state index in [4.69, 9.17) is 4.74 Å². The minimum atomic E-state index is -0.869. The highest BCUT2D eigenvalue weighted by Crippen LogP contribution is 2.21. The maximum absolute atomic E-state index is 12.8. The van der Waals surface area contributed by atoms with Crippen molar-refractivity contribution in [1.82, 2.24) is 10.2 Å². The fraction of sp³-hybridized carbons (Fsp3) is 0.318. The number of carbonyl (C=O) groups is 3. The summed E-state index contributed by atoms with van der Waals surface area (Å²) < 4.78 is 5.14. The third kappa shape index (κ3) is 5.81. The second-order valence-electron chi connectivity index (χ2n) is 7.41. The zero-order valence-corrected chi connectivity index (χ0v) is 17.5. The molecule has 2 aromatic carbocycles. The van der Waals surface area contributed by atoms with Crippen molar-refractivity contribution in [3.63, 3.8) is 0 Å². The number of rotatable bonds is 7. The second kappa shape index (κ2) is 10.4. The number of nitrogens with one attached hydrogen (secondary N) is 2. The maximum atomic E-state index is 12.8. The number of carbonyl (C=O) groups excluding carboxylic acids is 3. The van der Waals surface area contributed by atoms with Crippen molar-refractivity contribution in [2.75, 3.05) is 11.9 Å². The van der Waals surface area contributed by atoms with Gasteiger partial charge in [-0.05, 0) is 37.5 Å². The Morgan fingerprint density at radius 2 is 1.84 bits per heavy atom. The molecule has 1 aliphatic rings. The summed E-state index contributed by atoms with van der Waals surface area (Å²) in [5.74, 6) is -0.772. The maximum Gasteiger partial charge on any atom is 0.408 e. The summed E-state index contributed by atoms with van der Waals surface area (Å²) in [6, 6.07) is 13.0. The summed E-state index contributed by atoms with van der Waals surface area (Å²) in [7, 11) is 0. The molecule has 0 bridgehead atoms. The lowest BCUT2D eigenvalue weighted by atomic mass is 10.1. The quantitative estimate of drug-likeness (QED) is 0.503. The topological polar surface area (TPSA) is 131 Å². The second-order valence-corrected chi connectivity index (χ2v) is 7.41. The average Bonchev–Trinajstić information content (AvgIpc) is 3.28. The molecule has 1 heterocycles. The first-order chi connectivity index (χ1) is 15.3. The Hall–Kier alpha value is -3.95. The molecule has 3 rings (SSSR count). The van der Waals surface area contributed by atoms with E-state index in [9.17, 15) is 24.5 Å². The molecule has 2 aromatic rings. The van der Waals surface area contributed by atoms with Gasteiger partial charge in [0.1, 0.15) is 18.7 Å². The molecule has 3 amide bonds. The van der Waals surface area contributed by atoms with E-state index in [1.54, 1.807) is 0 Å². The number of anilines is 1. The van der Waals surface area contributed by atoms with Gasteiger partial charge in [0.05, 0.1) is 4.92 Å². The van der Waals surface area contributed by atoms with E-state index < -0.39 is 23.1 Å². The van der Waals surface area contributed by atoms with Crippen LogP contribution >= 0.6 is 0 Å². The molecule has 32 heavy (non-hydrogen) atoms. The lowest BCUT2D eigenvalue weighted by Gasteiger charge is -2.27. The number of amides is 3. The van der Waals surface area contributed by atoms with Gasteiger partial charge in [0.15, 0.2) is 0 Å². The summed E-state index contributed by atoms with van der Waals surface area (Å²) in [6.45, 7) is 2.01. The number of nitro groups is 1. The van der Waals surface area contributed by atoms with E-state index in [1.165, 1.54) is 36.1 Å². The third-order valence-electron chi connectivity index (χ3n) is 5.10. The Morgan fingerprint density at radius 1 is 1.16 bits per heavy atom. The van der Waals surface area contributed by atoms with E-state index in [2.05, 4.69) is 10.6 Å². The molecule has 10 heteroatoms. The van der Waals surface area contributed by atoms with Crippen LogP contribution in [0.25, 0.3) is 0 Å². The predicted octanol–water partition coefficient (Wildman–Crippen LogP) is 2.84. The number of ether oxygens (including phenoxy) is 1. The summed E-state index contributed by atoms with van der Waals surface area (Å²) >= 11 is 0. The molecular weight excluding hydrogens is 416 g/mol. The van der Waals surface area contributed by atoms with Crippen LogP contribution < -0.4 is 10.6 Å². The molecular formula is C22H24N4O6. The molecule has 0 aromatic heterocycles. The molecule has 2 atom stereocenters. The summed E-state index contributed by atoms with van der Waals surface area (Å²) in [4.78, 5) is 49.2. The number of benzene rings is 2. The van der Waals surface area contributed by atoms with Crippen molar-refractivity contribution in [3.8, 4) is 0 Å². The van der Waals surface area contributed by atoms with E-state index >= 15 is 0 Å². The molecule has 0 saturated carbocycles. The monoisotopic (exact) mass is 440 g/mol. The van der Waals surface area contributed by atoms with Crippen molar-refractivity contribution in [2.45, 2.75) is 38.5 Å².